The van der Waals surface area contributed by atoms with Crippen LogP contribution in [0.5, 0.6) is 0 Å². The number of nitrogens with one attached hydrogen (secondary N) is 2. The van der Waals surface area contributed by atoms with E-state index in [1.165, 1.54) is 24.4 Å². The molecule has 0 unspecified atom stereocenters. The van der Waals surface area contributed by atoms with Crippen LogP contribution in [0.4, 0.5) is 34.8 Å². The van der Waals surface area contributed by atoms with E-state index in [2.05, 4.69) is 15.6 Å². The van der Waals surface area contributed by atoms with Crippen molar-refractivity contribution in [1.82, 2.24) is 4.98 Å². The molecule has 3 rings (SSSR count). The fourth-order valence-corrected chi connectivity index (χ4v) is 2.24. The van der Waals surface area contributed by atoms with E-state index in [9.17, 15) is 22.4 Å². The normalized spacial score (nSPS) is 11.1. The van der Waals surface area contributed by atoms with Gasteiger partial charge in [-0.05, 0) is 60.7 Å². The molecular formula is C19H13F4N3O. The van der Waals surface area contributed by atoms with E-state index in [4.69, 9.17) is 0 Å². The summed E-state index contributed by atoms with van der Waals surface area (Å²) in [6.45, 7) is 0. The number of amides is 1. The molecule has 0 spiro atoms. The number of aromatic nitrogens is 1. The minimum absolute atomic E-state index is 0.0818. The molecule has 0 fully saturated rings. The van der Waals surface area contributed by atoms with E-state index in [1.807, 2.05) is 0 Å². The largest absolute Gasteiger partial charge is 0.416 e. The van der Waals surface area contributed by atoms with Crippen molar-refractivity contribution >= 4 is 23.1 Å². The first-order chi connectivity index (χ1) is 12.8. The van der Waals surface area contributed by atoms with Crippen molar-refractivity contribution in [3.63, 3.8) is 0 Å². The zero-order chi connectivity index (χ0) is 19.4. The molecule has 3 aromatic rings. The lowest BCUT2D eigenvalue weighted by Crippen LogP contribution is -2.13. The van der Waals surface area contributed by atoms with Crippen LogP contribution in [0, 0.1) is 5.82 Å². The predicted octanol–water partition coefficient (Wildman–Crippen LogP) is 5.24. The minimum atomic E-state index is -4.45. The van der Waals surface area contributed by atoms with Crippen LogP contribution >= 0.6 is 0 Å². The molecule has 0 saturated heterocycles. The van der Waals surface area contributed by atoms with Gasteiger partial charge < -0.3 is 10.6 Å². The second kappa shape index (κ2) is 7.45. The second-order valence-corrected chi connectivity index (χ2v) is 5.59. The summed E-state index contributed by atoms with van der Waals surface area (Å²) in [5.74, 6) is -0.681. The van der Waals surface area contributed by atoms with Crippen molar-refractivity contribution in [3.05, 3.63) is 83.8 Å². The Bertz CT molecular complexity index is 921. The number of carbonyl (C=O) groups excluding carboxylic acids is 1. The van der Waals surface area contributed by atoms with Gasteiger partial charge in [-0.2, -0.15) is 13.2 Å². The van der Waals surface area contributed by atoms with Gasteiger partial charge in [0.1, 0.15) is 11.6 Å². The highest BCUT2D eigenvalue weighted by molar-refractivity contribution is 6.03. The second-order valence-electron chi connectivity index (χ2n) is 5.59. The number of hydrogen-bond donors (Lipinski definition) is 2. The number of alkyl halides is 3. The van der Waals surface area contributed by atoms with Gasteiger partial charge in [-0.3, -0.25) is 4.79 Å². The average molecular weight is 375 g/mol. The Labute approximate surface area is 151 Å². The Balaban J connectivity index is 1.63. The Morgan fingerprint density at radius 1 is 0.852 bits per heavy atom. The summed E-state index contributed by atoms with van der Waals surface area (Å²) >= 11 is 0. The monoisotopic (exact) mass is 375 g/mol. The van der Waals surface area contributed by atoms with Crippen LogP contribution in [0.2, 0.25) is 0 Å². The van der Waals surface area contributed by atoms with Gasteiger partial charge in [0.15, 0.2) is 0 Å². The Hall–Kier alpha value is -3.42. The molecule has 1 heterocycles. The number of pyridine rings is 1. The van der Waals surface area contributed by atoms with Gasteiger partial charge in [0.2, 0.25) is 0 Å². The van der Waals surface area contributed by atoms with Crippen molar-refractivity contribution in [1.29, 1.82) is 0 Å². The standard InChI is InChI=1S/C19H13F4N3O/c20-14-5-7-15(8-6-14)25-16-9-10-17(24-11-16)26-18(27)12-1-3-13(4-2-12)19(21,22)23/h1-11,25H,(H,24,26,27). The zero-order valence-electron chi connectivity index (χ0n) is 13.7. The van der Waals surface area contributed by atoms with E-state index in [0.717, 1.165) is 24.3 Å². The van der Waals surface area contributed by atoms with Crippen LogP contribution in [0.25, 0.3) is 0 Å². The van der Waals surface area contributed by atoms with Crippen molar-refractivity contribution in [2.24, 2.45) is 0 Å². The zero-order valence-corrected chi connectivity index (χ0v) is 13.7. The quantitative estimate of drug-likeness (QED) is 0.614. The van der Waals surface area contributed by atoms with E-state index >= 15 is 0 Å². The number of rotatable bonds is 4. The number of benzene rings is 2. The Morgan fingerprint density at radius 3 is 2.04 bits per heavy atom. The first-order valence-corrected chi connectivity index (χ1v) is 7.78. The SMILES string of the molecule is O=C(Nc1ccc(Nc2ccc(F)cc2)cn1)c1ccc(C(F)(F)F)cc1. The van der Waals surface area contributed by atoms with Gasteiger partial charge in [-0.15, -0.1) is 0 Å². The number of hydrogen-bond acceptors (Lipinski definition) is 3. The van der Waals surface area contributed by atoms with Crippen molar-refractivity contribution in [2.75, 3.05) is 10.6 Å². The van der Waals surface area contributed by atoms with Crippen LogP contribution in [-0.4, -0.2) is 10.9 Å². The molecule has 0 aliphatic heterocycles. The number of anilines is 3. The molecule has 0 saturated carbocycles. The molecule has 0 bridgehead atoms. The predicted molar refractivity (Wildman–Crippen MR) is 93.3 cm³/mol. The van der Waals surface area contributed by atoms with Crippen molar-refractivity contribution < 1.29 is 22.4 Å². The topological polar surface area (TPSA) is 54.0 Å². The molecular weight excluding hydrogens is 362 g/mol. The first kappa shape index (κ1) is 18.4. The molecule has 2 N–H and O–H groups in total. The summed E-state index contributed by atoms with van der Waals surface area (Å²) < 4.78 is 50.5. The molecule has 0 aliphatic carbocycles. The summed E-state index contributed by atoms with van der Waals surface area (Å²) in [5, 5.41) is 5.52. The molecule has 1 aromatic heterocycles. The van der Waals surface area contributed by atoms with Crippen LogP contribution < -0.4 is 10.6 Å². The maximum Gasteiger partial charge on any atom is 0.416 e. The van der Waals surface area contributed by atoms with E-state index in [0.29, 0.717) is 11.4 Å². The first-order valence-electron chi connectivity index (χ1n) is 7.78. The lowest BCUT2D eigenvalue weighted by atomic mass is 10.1. The van der Waals surface area contributed by atoms with Gasteiger partial charge in [0, 0.05) is 11.3 Å². The van der Waals surface area contributed by atoms with E-state index in [1.54, 1.807) is 18.2 Å². The van der Waals surface area contributed by atoms with Crippen LogP contribution in [0.1, 0.15) is 15.9 Å². The van der Waals surface area contributed by atoms with Crippen molar-refractivity contribution in [2.45, 2.75) is 6.18 Å². The molecule has 4 nitrogen and oxygen atoms in total. The summed E-state index contributed by atoms with van der Waals surface area (Å²) in [4.78, 5) is 16.2. The Kier molecular flexibility index (Phi) is 5.07. The van der Waals surface area contributed by atoms with Gasteiger partial charge in [0.25, 0.3) is 5.91 Å². The maximum absolute atomic E-state index is 12.9. The van der Waals surface area contributed by atoms with Crippen LogP contribution in [0.3, 0.4) is 0 Å². The van der Waals surface area contributed by atoms with Crippen LogP contribution in [-0.2, 0) is 6.18 Å². The number of halogens is 4. The van der Waals surface area contributed by atoms with E-state index in [-0.39, 0.29) is 17.2 Å². The third-order valence-corrected chi connectivity index (χ3v) is 3.61. The van der Waals surface area contributed by atoms with Gasteiger partial charge >= 0.3 is 6.18 Å². The highest BCUT2D eigenvalue weighted by Crippen LogP contribution is 2.29. The molecule has 138 valence electrons. The van der Waals surface area contributed by atoms with Gasteiger partial charge in [-0.1, -0.05) is 0 Å². The van der Waals surface area contributed by atoms with Gasteiger partial charge in [0.05, 0.1) is 17.4 Å². The minimum Gasteiger partial charge on any atom is -0.354 e. The highest BCUT2D eigenvalue weighted by Gasteiger charge is 2.30. The van der Waals surface area contributed by atoms with E-state index < -0.39 is 17.6 Å². The Morgan fingerprint density at radius 2 is 1.48 bits per heavy atom. The third-order valence-electron chi connectivity index (χ3n) is 3.61. The lowest BCUT2D eigenvalue weighted by Gasteiger charge is -2.09. The summed E-state index contributed by atoms with van der Waals surface area (Å²) in [5.41, 5.74) is 0.542. The maximum atomic E-state index is 12.9. The number of nitrogens with zero attached hydrogens (tertiary/aromatic N) is 1. The lowest BCUT2D eigenvalue weighted by molar-refractivity contribution is -0.137. The fraction of sp³-hybridized carbons (Fsp3) is 0.0526. The molecule has 27 heavy (non-hydrogen) atoms. The smallest absolute Gasteiger partial charge is 0.354 e. The summed E-state index contributed by atoms with van der Waals surface area (Å²) in [6, 6.07) is 12.8. The van der Waals surface area contributed by atoms with Crippen molar-refractivity contribution in [3.8, 4) is 0 Å². The third kappa shape index (κ3) is 4.81. The van der Waals surface area contributed by atoms with Gasteiger partial charge in [-0.25, -0.2) is 9.37 Å². The molecule has 1 amide bonds. The molecule has 2 aromatic carbocycles. The molecule has 0 aliphatic rings. The summed E-state index contributed by atoms with van der Waals surface area (Å²) in [6.07, 6.45) is -2.99. The molecule has 8 heteroatoms. The summed E-state index contributed by atoms with van der Waals surface area (Å²) in [7, 11) is 0. The highest BCUT2D eigenvalue weighted by atomic mass is 19.4. The fourth-order valence-electron chi connectivity index (χ4n) is 2.24. The molecule has 0 radical (unpaired) electrons. The van der Waals surface area contributed by atoms with Crippen LogP contribution in [0.15, 0.2) is 66.9 Å². The average Bonchev–Trinajstić information content (AvgIpc) is 2.64. The number of carbonyl (C=O) groups is 1. The molecule has 0 atom stereocenters.